The molecule has 0 saturated heterocycles. The molecule has 0 saturated carbocycles. The number of fused-ring (bicyclic) bond motifs is 2. The number of rotatable bonds is 6. The van der Waals surface area contributed by atoms with Crippen LogP contribution in [0.1, 0.15) is 44.8 Å². The summed E-state index contributed by atoms with van der Waals surface area (Å²) >= 11 is 0. The van der Waals surface area contributed by atoms with Crippen molar-refractivity contribution < 1.29 is 36.4 Å². The average molecular weight is 815 g/mol. The number of alkyl halides is 6. The van der Waals surface area contributed by atoms with Crippen LogP contribution in [0.4, 0.5) is 55.0 Å². The van der Waals surface area contributed by atoms with Crippen LogP contribution in [-0.4, -0.2) is 50.2 Å². The van der Waals surface area contributed by atoms with Crippen LogP contribution >= 0.6 is 0 Å². The molecule has 2 aromatic heterocycles. The highest BCUT2D eigenvalue weighted by Gasteiger charge is 2.31. The van der Waals surface area contributed by atoms with Gasteiger partial charge in [-0.15, -0.1) is 0 Å². The van der Waals surface area contributed by atoms with Gasteiger partial charge in [-0.05, 0) is 79.5 Å². The maximum Gasteiger partial charge on any atom is 0.488 e. The lowest BCUT2D eigenvalue weighted by Gasteiger charge is -2.32. The molecule has 0 fully saturated rings. The number of aromatic nitrogens is 4. The maximum atomic E-state index is 12.8. The van der Waals surface area contributed by atoms with Gasteiger partial charge < -0.3 is 30.9 Å². The van der Waals surface area contributed by atoms with Crippen molar-refractivity contribution in [3.05, 3.63) is 154 Å². The van der Waals surface area contributed by atoms with Crippen LogP contribution < -0.4 is 26.3 Å². The van der Waals surface area contributed by atoms with Crippen molar-refractivity contribution in [2.45, 2.75) is 52.1 Å². The minimum absolute atomic E-state index is 0.557. The van der Waals surface area contributed by atoms with E-state index in [-0.39, 0.29) is 0 Å². The fourth-order valence-corrected chi connectivity index (χ4v) is 6.59. The molecule has 4 heterocycles. The second kappa shape index (κ2) is 18.7. The number of nitrogens with one attached hydrogen (secondary N) is 3. The lowest BCUT2D eigenvalue weighted by atomic mass is 9.77. The van der Waals surface area contributed by atoms with Gasteiger partial charge in [0.15, 0.2) is 0 Å². The average Bonchev–Trinajstić information content (AvgIpc) is 3.21. The van der Waals surface area contributed by atoms with E-state index in [9.17, 15) is 26.3 Å². The number of anilines is 5. The topological polar surface area (TPSA) is 131 Å². The summed E-state index contributed by atoms with van der Waals surface area (Å²) in [5.41, 5.74) is 7.48. The van der Waals surface area contributed by atoms with Gasteiger partial charge >= 0.3 is 19.5 Å². The predicted molar refractivity (Wildman–Crippen MR) is 216 cm³/mol. The first kappa shape index (κ1) is 42.6. The summed E-state index contributed by atoms with van der Waals surface area (Å²) in [6.45, 7) is 6.93. The zero-order chi connectivity index (χ0) is 42.2. The third kappa shape index (κ3) is 11.1. The minimum Gasteiger partial charge on any atom is -0.423 e. The Balaban J connectivity index is 0.000000165. The van der Waals surface area contributed by atoms with Crippen LogP contribution in [-0.2, 0) is 38.3 Å². The van der Waals surface area contributed by atoms with E-state index in [1.165, 1.54) is 42.5 Å². The van der Waals surface area contributed by atoms with Crippen LogP contribution in [0.15, 0.2) is 110 Å². The molecule has 17 heteroatoms. The fraction of sp³-hybridized carbons (Fsp3) is 0.238. The van der Waals surface area contributed by atoms with Crippen molar-refractivity contribution in [3.63, 3.8) is 0 Å². The number of aryl methyl sites for hydroxylation is 2. The SMILES string of the molecule is Cc1ccccc1B(O)O.Cc1ccccc1N1CCc2ncnc(Nc3ccc(C(F)(F)F)cc3)c2C1.FC(F)(F)c1ccc(Nc2ncnc3c2CNCC3)cc1. The van der Waals surface area contributed by atoms with Crippen molar-refractivity contribution in [1.82, 2.24) is 25.3 Å². The van der Waals surface area contributed by atoms with Crippen LogP contribution in [0, 0.1) is 13.8 Å². The predicted octanol–water partition coefficient (Wildman–Crippen LogP) is 7.67. The molecule has 0 aliphatic carbocycles. The maximum absolute atomic E-state index is 12.8. The van der Waals surface area contributed by atoms with Crippen LogP contribution in [0.3, 0.4) is 0 Å². The number of hydrogen-bond acceptors (Lipinski definition) is 10. The molecule has 2 aliphatic rings. The van der Waals surface area contributed by atoms with Gasteiger partial charge in [-0.1, -0.05) is 48.0 Å². The monoisotopic (exact) mass is 814 g/mol. The molecule has 59 heavy (non-hydrogen) atoms. The highest BCUT2D eigenvalue weighted by molar-refractivity contribution is 6.59. The molecule has 0 atom stereocenters. The van der Waals surface area contributed by atoms with Gasteiger partial charge in [0.05, 0.1) is 22.5 Å². The summed E-state index contributed by atoms with van der Waals surface area (Å²) in [7, 11) is -1.35. The lowest BCUT2D eigenvalue weighted by Crippen LogP contribution is -2.32. The molecular weight excluding hydrogens is 773 g/mol. The Morgan fingerprint density at radius 2 is 1.14 bits per heavy atom. The Morgan fingerprint density at radius 3 is 1.64 bits per heavy atom. The van der Waals surface area contributed by atoms with E-state index in [1.807, 2.05) is 31.2 Å². The summed E-state index contributed by atoms with van der Waals surface area (Å²) in [4.78, 5) is 19.4. The Morgan fingerprint density at radius 1 is 0.627 bits per heavy atom. The number of benzene rings is 4. The van der Waals surface area contributed by atoms with Crippen LogP contribution in [0.25, 0.3) is 0 Å². The fourth-order valence-electron chi connectivity index (χ4n) is 6.59. The van der Waals surface area contributed by atoms with E-state index in [0.29, 0.717) is 41.6 Å². The Hall–Kier alpha value is -6.04. The Kier molecular flexibility index (Phi) is 13.5. The lowest BCUT2D eigenvalue weighted by molar-refractivity contribution is -0.138. The number of para-hydroxylation sites is 1. The first-order chi connectivity index (χ1) is 28.2. The van der Waals surface area contributed by atoms with E-state index in [1.54, 1.807) is 12.1 Å². The number of nitrogens with zero attached hydrogens (tertiary/aromatic N) is 5. The van der Waals surface area contributed by atoms with Gasteiger partial charge in [0.25, 0.3) is 0 Å². The molecule has 0 unspecified atom stereocenters. The van der Waals surface area contributed by atoms with E-state index in [2.05, 4.69) is 59.8 Å². The molecular formula is C42H41BF6N8O2. The summed E-state index contributed by atoms with van der Waals surface area (Å²) in [5, 5.41) is 27.0. The van der Waals surface area contributed by atoms with Crippen LogP contribution in [0.5, 0.6) is 0 Å². The number of halogens is 6. The first-order valence-electron chi connectivity index (χ1n) is 18.6. The molecule has 8 rings (SSSR count). The molecule has 0 spiro atoms. The van der Waals surface area contributed by atoms with Crippen molar-refractivity contribution in [2.24, 2.45) is 0 Å². The smallest absolute Gasteiger partial charge is 0.423 e. The molecule has 4 aromatic carbocycles. The van der Waals surface area contributed by atoms with Crippen molar-refractivity contribution in [3.8, 4) is 0 Å². The Bertz CT molecular complexity index is 2330. The van der Waals surface area contributed by atoms with Gasteiger partial charge in [-0.3, -0.25) is 0 Å². The minimum atomic E-state index is -4.35. The van der Waals surface area contributed by atoms with Gasteiger partial charge in [-0.2, -0.15) is 26.3 Å². The summed E-state index contributed by atoms with van der Waals surface area (Å²) in [6.07, 6.45) is -4.10. The highest BCUT2D eigenvalue weighted by Crippen LogP contribution is 2.33. The molecule has 2 aliphatic heterocycles. The number of hydrogen-bond donors (Lipinski definition) is 5. The van der Waals surface area contributed by atoms with Gasteiger partial charge in [0, 0.05) is 67.2 Å². The molecule has 10 nitrogen and oxygen atoms in total. The van der Waals surface area contributed by atoms with Crippen LogP contribution in [0.2, 0.25) is 0 Å². The normalized spacial score (nSPS) is 13.4. The van der Waals surface area contributed by atoms with E-state index >= 15 is 0 Å². The standard InChI is InChI=1S/C21H19F3N4.C14H13F3N4.C7H9BO2/c1-14-4-2-3-5-19(14)28-11-10-18-17(12-28)20(26-13-25-18)27-16-8-6-15(7-9-16)21(22,23)24;15-14(16,17)9-1-3-10(4-2-9)21-13-11-7-18-6-5-12(11)19-8-20-13;1-6-4-2-3-5-7(6)8(9)10/h2-9,13H,10-12H2,1H3,(H,25,26,27);1-4,8,18H,5-7H2,(H,19,20,21);2-5,9-10H,1H3. The summed E-state index contributed by atoms with van der Waals surface area (Å²) in [6, 6.07) is 25.2. The van der Waals surface area contributed by atoms with Gasteiger partial charge in [-0.25, -0.2) is 19.9 Å². The molecule has 5 N–H and O–H groups in total. The Labute approximate surface area is 337 Å². The first-order valence-corrected chi connectivity index (χ1v) is 18.6. The van der Waals surface area contributed by atoms with Crippen molar-refractivity contribution in [2.75, 3.05) is 28.6 Å². The van der Waals surface area contributed by atoms with E-state index in [4.69, 9.17) is 10.0 Å². The third-order valence-corrected chi connectivity index (χ3v) is 9.75. The third-order valence-electron chi connectivity index (χ3n) is 9.75. The van der Waals surface area contributed by atoms with Gasteiger partial charge in [0.2, 0.25) is 0 Å². The quantitative estimate of drug-likeness (QED) is 0.0844. The largest absolute Gasteiger partial charge is 0.488 e. The zero-order valence-electron chi connectivity index (χ0n) is 32.1. The van der Waals surface area contributed by atoms with Crippen molar-refractivity contribution in [1.29, 1.82) is 0 Å². The molecule has 0 bridgehead atoms. The van der Waals surface area contributed by atoms with E-state index < -0.39 is 30.6 Å². The molecule has 6 aromatic rings. The molecule has 0 radical (unpaired) electrons. The summed E-state index contributed by atoms with van der Waals surface area (Å²) in [5.74, 6) is 1.26. The highest BCUT2D eigenvalue weighted by atomic mass is 19.4. The zero-order valence-corrected chi connectivity index (χ0v) is 32.1. The second-order valence-corrected chi connectivity index (χ2v) is 13.8. The molecule has 306 valence electrons. The molecule has 0 amide bonds. The second-order valence-electron chi connectivity index (χ2n) is 13.8. The van der Waals surface area contributed by atoms with E-state index in [0.717, 1.165) is 84.0 Å². The van der Waals surface area contributed by atoms with Gasteiger partial charge in [0.1, 0.15) is 24.3 Å². The van der Waals surface area contributed by atoms with Crippen molar-refractivity contribution >= 4 is 41.3 Å². The summed E-state index contributed by atoms with van der Waals surface area (Å²) < 4.78 is 75.9.